The van der Waals surface area contributed by atoms with Crippen LogP contribution in [0.1, 0.15) is 29.8 Å². The van der Waals surface area contributed by atoms with Crippen molar-refractivity contribution in [3.05, 3.63) is 59.7 Å². The molecule has 0 heterocycles. The van der Waals surface area contributed by atoms with Crippen molar-refractivity contribution in [3.8, 4) is 5.75 Å². The zero-order valence-corrected chi connectivity index (χ0v) is 11.1. The first-order valence-corrected chi connectivity index (χ1v) is 6.23. The second-order valence-corrected chi connectivity index (χ2v) is 4.65. The summed E-state index contributed by atoms with van der Waals surface area (Å²) in [4.78, 5) is 12.3. The molecule has 0 spiro atoms. The molecule has 0 unspecified atom stereocenters. The van der Waals surface area contributed by atoms with Crippen LogP contribution in [0.2, 0.25) is 0 Å². The van der Waals surface area contributed by atoms with Crippen LogP contribution in [-0.2, 0) is 0 Å². The van der Waals surface area contributed by atoms with Gasteiger partial charge in [0.1, 0.15) is 5.75 Å². The van der Waals surface area contributed by atoms with Crippen LogP contribution in [0.4, 0.5) is 5.69 Å². The van der Waals surface area contributed by atoms with Crippen molar-refractivity contribution in [2.24, 2.45) is 0 Å². The van der Waals surface area contributed by atoms with Crippen LogP contribution in [0, 0.1) is 0 Å². The summed E-state index contributed by atoms with van der Waals surface area (Å²) in [7, 11) is 0. The largest absolute Gasteiger partial charge is 0.491 e. The van der Waals surface area contributed by atoms with Gasteiger partial charge < -0.3 is 10.5 Å². The molecule has 98 valence electrons. The number of hydrogen-bond donors (Lipinski definition) is 1. The van der Waals surface area contributed by atoms with Gasteiger partial charge in [-0.05, 0) is 38.1 Å². The van der Waals surface area contributed by atoms with E-state index in [1.165, 1.54) is 0 Å². The molecule has 0 saturated heterocycles. The number of nitrogen functional groups attached to an aromatic ring is 1. The van der Waals surface area contributed by atoms with Crippen LogP contribution < -0.4 is 10.5 Å². The SMILES string of the molecule is CC(C)Oc1cccc(C(=O)c2cccc(N)c2)c1. The molecular weight excluding hydrogens is 238 g/mol. The molecule has 19 heavy (non-hydrogen) atoms. The fourth-order valence-electron chi connectivity index (χ4n) is 1.83. The Bertz CT molecular complexity index is 591. The van der Waals surface area contributed by atoms with Gasteiger partial charge in [0.25, 0.3) is 0 Å². The van der Waals surface area contributed by atoms with E-state index < -0.39 is 0 Å². The van der Waals surface area contributed by atoms with Crippen LogP contribution in [0.15, 0.2) is 48.5 Å². The molecule has 0 aliphatic carbocycles. The van der Waals surface area contributed by atoms with Crippen molar-refractivity contribution in [3.63, 3.8) is 0 Å². The molecule has 0 aliphatic heterocycles. The molecule has 2 N–H and O–H groups in total. The van der Waals surface area contributed by atoms with Crippen LogP contribution >= 0.6 is 0 Å². The summed E-state index contributed by atoms with van der Waals surface area (Å²) in [6.07, 6.45) is 0.0812. The van der Waals surface area contributed by atoms with Crippen molar-refractivity contribution in [2.45, 2.75) is 20.0 Å². The van der Waals surface area contributed by atoms with E-state index in [2.05, 4.69) is 0 Å². The number of carbonyl (C=O) groups excluding carboxylic acids is 1. The molecule has 0 radical (unpaired) electrons. The highest BCUT2D eigenvalue weighted by molar-refractivity contribution is 6.09. The maximum atomic E-state index is 12.3. The second kappa shape index (κ2) is 5.57. The molecule has 2 aromatic carbocycles. The molecule has 0 fully saturated rings. The van der Waals surface area contributed by atoms with E-state index in [-0.39, 0.29) is 11.9 Å². The number of hydrogen-bond acceptors (Lipinski definition) is 3. The number of ketones is 1. The molecule has 0 bridgehead atoms. The van der Waals surface area contributed by atoms with Gasteiger partial charge in [-0.15, -0.1) is 0 Å². The van der Waals surface area contributed by atoms with Gasteiger partial charge in [-0.2, -0.15) is 0 Å². The highest BCUT2D eigenvalue weighted by Crippen LogP contribution is 2.18. The summed E-state index contributed by atoms with van der Waals surface area (Å²) < 4.78 is 5.59. The topological polar surface area (TPSA) is 52.3 Å². The molecule has 3 heteroatoms. The first-order chi connectivity index (χ1) is 9.06. The molecule has 0 atom stereocenters. The molecule has 0 aliphatic rings. The zero-order chi connectivity index (χ0) is 13.8. The predicted molar refractivity (Wildman–Crippen MR) is 76.5 cm³/mol. The van der Waals surface area contributed by atoms with E-state index in [0.29, 0.717) is 22.6 Å². The van der Waals surface area contributed by atoms with Crippen LogP contribution in [0.3, 0.4) is 0 Å². The molecule has 0 saturated carbocycles. The van der Waals surface area contributed by atoms with Crippen LogP contribution in [0.25, 0.3) is 0 Å². The third kappa shape index (κ3) is 3.35. The Kier molecular flexibility index (Phi) is 3.85. The fraction of sp³-hybridized carbons (Fsp3) is 0.188. The normalized spacial score (nSPS) is 10.5. The Morgan fingerprint density at radius 3 is 2.32 bits per heavy atom. The first kappa shape index (κ1) is 13.1. The number of anilines is 1. The molecule has 3 nitrogen and oxygen atoms in total. The van der Waals surface area contributed by atoms with E-state index >= 15 is 0 Å². The fourth-order valence-corrected chi connectivity index (χ4v) is 1.83. The highest BCUT2D eigenvalue weighted by Gasteiger charge is 2.10. The summed E-state index contributed by atoms with van der Waals surface area (Å²) in [6.45, 7) is 3.90. The minimum atomic E-state index is -0.0542. The van der Waals surface area contributed by atoms with E-state index in [0.717, 1.165) is 0 Å². The molecule has 0 amide bonds. The van der Waals surface area contributed by atoms with Gasteiger partial charge in [0.05, 0.1) is 6.10 Å². The molecular formula is C16H17NO2. The van der Waals surface area contributed by atoms with Crippen molar-refractivity contribution in [1.29, 1.82) is 0 Å². The van der Waals surface area contributed by atoms with Gasteiger partial charge in [-0.1, -0.05) is 24.3 Å². The minimum Gasteiger partial charge on any atom is -0.491 e. The maximum absolute atomic E-state index is 12.3. The third-order valence-electron chi connectivity index (χ3n) is 2.62. The highest BCUT2D eigenvalue weighted by atomic mass is 16.5. The lowest BCUT2D eigenvalue weighted by atomic mass is 10.0. The average Bonchev–Trinajstić information content (AvgIpc) is 2.37. The molecule has 0 aromatic heterocycles. The second-order valence-electron chi connectivity index (χ2n) is 4.65. The summed E-state index contributed by atoms with van der Waals surface area (Å²) in [5.41, 5.74) is 7.46. The Hall–Kier alpha value is -2.29. The number of ether oxygens (including phenoxy) is 1. The number of benzene rings is 2. The Labute approximate surface area is 113 Å². The van der Waals surface area contributed by atoms with E-state index in [1.807, 2.05) is 26.0 Å². The Balaban J connectivity index is 2.29. The van der Waals surface area contributed by atoms with Crippen LogP contribution in [-0.4, -0.2) is 11.9 Å². The lowest BCUT2D eigenvalue weighted by Gasteiger charge is -2.10. The van der Waals surface area contributed by atoms with Crippen molar-refractivity contribution in [2.75, 3.05) is 5.73 Å². The smallest absolute Gasteiger partial charge is 0.193 e. The minimum absolute atomic E-state index is 0.0542. The van der Waals surface area contributed by atoms with Crippen molar-refractivity contribution < 1.29 is 9.53 Å². The lowest BCUT2D eigenvalue weighted by molar-refractivity contribution is 0.103. The van der Waals surface area contributed by atoms with Gasteiger partial charge in [0.15, 0.2) is 5.78 Å². The number of carbonyl (C=O) groups is 1. The predicted octanol–water partition coefficient (Wildman–Crippen LogP) is 3.29. The number of nitrogens with two attached hydrogens (primary N) is 1. The van der Waals surface area contributed by atoms with Gasteiger partial charge in [-0.3, -0.25) is 4.79 Å². The summed E-state index contributed by atoms with van der Waals surface area (Å²) >= 11 is 0. The van der Waals surface area contributed by atoms with Gasteiger partial charge in [0, 0.05) is 16.8 Å². The van der Waals surface area contributed by atoms with Crippen molar-refractivity contribution >= 4 is 11.5 Å². The zero-order valence-electron chi connectivity index (χ0n) is 11.1. The van der Waals surface area contributed by atoms with Gasteiger partial charge >= 0.3 is 0 Å². The summed E-state index contributed by atoms with van der Waals surface area (Å²) in [5.74, 6) is 0.645. The van der Waals surface area contributed by atoms with E-state index in [4.69, 9.17) is 10.5 Å². The Morgan fingerprint density at radius 1 is 1.05 bits per heavy atom. The summed E-state index contributed by atoms with van der Waals surface area (Å²) in [6, 6.07) is 14.2. The van der Waals surface area contributed by atoms with Gasteiger partial charge in [0.2, 0.25) is 0 Å². The van der Waals surface area contributed by atoms with Gasteiger partial charge in [-0.25, -0.2) is 0 Å². The first-order valence-electron chi connectivity index (χ1n) is 6.23. The number of rotatable bonds is 4. The monoisotopic (exact) mass is 255 g/mol. The lowest BCUT2D eigenvalue weighted by Crippen LogP contribution is -2.07. The standard InChI is InChI=1S/C16H17NO2/c1-11(2)19-15-8-4-6-13(10-15)16(18)12-5-3-7-14(17)9-12/h3-11H,17H2,1-2H3. The average molecular weight is 255 g/mol. The Morgan fingerprint density at radius 2 is 1.68 bits per heavy atom. The molecule has 2 rings (SSSR count). The van der Waals surface area contributed by atoms with E-state index in [9.17, 15) is 4.79 Å². The van der Waals surface area contributed by atoms with E-state index in [1.54, 1.807) is 36.4 Å². The molecule has 2 aromatic rings. The maximum Gasteiger partial charge on any atom is 0.193 e. The third-order valence-corrected chi connectivity index (χ3v) is 2.62. The van der Waals surface area contributed by atoms with Crippen LogP contribution in [0.5, 0.6) is 5.75 Å². The quantitative estimate of drug-likeness (QED) is 0.673. The summed E-state index contributed by atoms with van der Waals surface area (Å²) in [5, 5.41) is 0. The van der Waals surface area contributed by atoms with Crippen molar-refractivity contribution in [1.82, 2.24) is 0 Å².